The first kappa shape index (κ1) is 14.5. The van der Waals surface area contributed by atoms with E-state index >= 15 is 0 Å². The van der Waals surface area contributed by atoms with Crippen molar-refractivity contribution in [3.05, 3.63) is 52.0 Å². The molecule has 0 atom stereocenters. The molecule has 0 spiro atoms. The lowest BCUT2D eigenvalue weighted by Crippen LogP contribution is -2.13. The van der Waals surface area contributed by atoms with Crippen LogP contribution in [-0.4, -0.2) is 21.1 Å². The fraction of sp³-hybridized carbons (Fsp3) is 0.188. The average molecular weight is 312 g/mol. The second kappa shape index (κ2) is 6.11. The molecule has 1 amide bonds. The van der Waals surface area contributed by atoms with Gasteiger partial charge in [0.25, 0.3) is 5.91 Å². The first-order chi connectivity index (χ1) is 10.7. The molecular formula is C16H16N4OS. The number of nitrogens with zero attached hydrogens (tertiary/aromatic N) is 2. The number of pyridine rings is 1. The number of thiophene rings is 1. The number of rotatable bonds is 4. The van der Waals surface area contributed by atoms with Crippen molar-refractivity contribution in [2.45, 2.75) is 20.3 Å². The fourth-order valence-corrected chi connectivity index (χ4v) is 3.19. The number of carbonyl (C=O) groups excluding carboxylic acids is 1. The lowest BCUT2D eigenvalue weighted by Gasteiger charge is -2.04. The quantitative estimate of drug-likeness (QED) is 0.772. The summed E-state index contributed by atoms with van der Waals surface area (Å²) in [5, 5.41) is 12.0. The van der Waals surface area contributed by atoms with Crippen LogP contribution in [-0.2, 0) is 6.42 Å². The van der Waals surface area contributed by atoms with Gasteiger partial charge in [0.15, 0.2) is 5.82 Å². The Morgan fingerprint density at radius 3 is 2.82 bits per heavy atom. The molecule has 0 aliphatic heterocycles. The van der Waals surface area contributed by atoms with Crippen molar-refractivity contribution in [1.82, 2.24) is 15.2 Å². The predicted molar refractivity (Wildman–Crippen MR) is 88.2 cm³/mol. The zero-order chi connectivity index (χ0) is 15.5. The van der Waals surface area contributed by atoms with Crippen LogP contribution >= 0.6 is 11.3 Å². The Morgan fingerprint density at radius 2 is 2.09 bits per heavy atom. The predicted octanol–water partition coefficient (Wildman–Crippen LogP) is 3.66. The molecule has 0 aliphatic carbocycles. The van der Waals surface area contributed by atoms with Crippen molar-refractivity contribution >= 4 is 23.1 Å². The van der Waals surface area contributed by atoms with E-state index in [2.05, 4.69) is 20.5 Å². The largest absolute Gasteiger partial charge is 0.304 e. The summed E-state index contributed by atoms with van der Waals surface area (Å²) < 4.78 is 0. The molecule has 112 valence electrons. The molecule has 22 heavy (non-hydrogen) atoms. The Balaban J connectivity index is 1.85. The van der Waals surface area contributed by atoms with E-state index in [1.165, 1.54) is 11.3 Å². The summed E-state index contributed by atoms with van der Waals surface area (Å²) in [5.74, 6) is 0.454. The highest BCUT2D eigenvalue weighted by Gasteiger charge is 2.16. The zero-order valence-corrected chi connectivity index (χ0v) is 13.2. The standard InChI is InChI=1S/C16H16N4OS/c1-3-11-6-9-22-14(11)16(21)18-15-10(2)13(19-20-15)12-4-7-17-8-5-12/h4-9H,3H2,1-2H3,(H2,18,19,20,21). The van der Waals surface area contributed by atoms with Crippen LogP contribution in [0.1, 0.15) is 27.7 Å². The van der Waals surface area contributed by atoms with Crippen LogP contribution in [0.25, 0.3) is 11.3 Å². The van der Waals surface area contributed by atoms with Crippen molar-refractivity contribution in [1.29, 1.82) is 0 Å². The Hall–Kier alpha value is -2.47. The number of hydrogen-bond donors (Lipinski definition) is 2. The molecule has 3 aromatic rings. The Bertz CT molecular complexity index is 792. The van der Waals surface area contributed by atoms with Gasteiger partial charge in [0.05, 0.1) is 10.6 Å². The molecule has 2 N–H and O–H groups in total. The highest BCUT2D eigenvalue weighted by atomic mass is 32.1. The Kier molecular flexibility index (Phi) is 4.02. The number of hydrogen-bond acceptors (Lipinski definition) is 4. The third kappa shape index (κ3) is 2.65. The number of aryl methyl sites for hydroxylation is 1. The van der Waals surface area contributed by atoms with E-state index in [0.29, 0.717) is 5.82 Å². The van der Waals surface area contributed by atoms with Gasteiger partial charge in [-0.2, -0.15) is 5.10 Å². The lowest BCUT2D eigenvalue weighted by atomic mass is 10.1. The normalized spacial score (nSPS) is 10.6. The summed E-state index contributed by atoms with van der Waals surface area (Å²) >= 11 is 1.45. The third-order valence-electron chi connectivity index (χ3n) is 3.54. The molecule has 5 nitrogen and oxygen atoms in total. The van der Waals surface area contributed by atoms with Crippen LogP contribution in [0, 0.1) is 6.92 Å². The van der Waals surface area contributed by atoms with Gasteiger partial charge in [0.1, 0.15) is 0 Å². The van der Waals surface area contributed by atoms with Crippen LogP contribution in [0.15, 0.2) is 36.0 Å². The van der Waals surface area contributed by atoms with Crippen LogP contribution in [0.2, 0.25) is 0 Å². The highest BCUT2D eigenvalue weighted by molar-refractivity contribution is 7.12. The van der Waals surface area contributed by atoms with Gasteiger partial charge in [-0.05, 0) is 42.5 Å². The Morgan fingerprint density at radius 1 is 1.32 bits per heavy atom. The number of amides is 1. The van der Waals surface area contributed by atoms with Gasteiger partial charge in [0, 0.05) is 23.5 Å². The second-order valence-corrected chi connectivity index (χ2v) is 5.81. The minimum Gasteiger partial charge on any atom is -0.304 e. The minimum atomic E-state index is -0.109. The van der Waals surface area contributed by atoms with E-state index < -0.39 is 0 Å². The monoisotopic (exact) mass is 312 g/mol. The summed E-state index contributed by atoms with van der Waals surface area (Å²) in [6.07, 6.45) is 4.30. The van der Waals surface area contributed by atoms with E-state index in [1.807, 2.05) is 37.4 Å². The molecule has 0 aliphatic rings. The number of nitrogens with one attached hydrogen (secondary N) is 2. The maximum atomic E-state index is 12.4. The smallest absolute Gasteiger partial charge is 0.267 e. The van der Waals surface area contributed by atoms with Gasteiger partial charge >= 0.3 is 0 Å². The molecule has 3 heterocycles. The van der Waals surface area contributed by atoms with Gasteiger partial charge in [-0.3, -0.25) is 14.9 Å². The summed E-state index contributed by atoms with van der Waals surface area (Å²) in [6.45, 7) is 3.98. The van der Waals surface area contributed by atoms with Gasteiger partial charge in [0.2, 0.25) is 0 Å². The molecule has 0 saturated heterocycles. The van der Waals surface area contributed by atoms with Crippen LogP contribution in [0.4, 0.5) is 5.82 Å². The van der Waals surface area contributed by atoms with Crippen LogP contribution in [0.5, 0.6) is 0 Å². The highest BCUT2D eigenvalue weighted by Crippen LogP contribution is 2.26. The first-order valence-electron chi connectivity index (χ1n) is 7.03. The Labute approximate surface area is 132 Å². The van der Waals surface area contributed by atoms with E-state index in [-0.39, 0.29) is 5.91 Å². The minimum absolute atomic E-state index is 0.109. The second-order valence-electron chi connectivity index (χ2n) is 4.89. The first-order valence-corrected chi connectivity index (χ1v) is 7.91. The lowest BCUT2D eigenvalue weighted by molar-refractivity contribution is 0.102. The molecule has 3 aromatic heterocycles. The molecule has 0 saturated carbocycles. The molecule has 0 aromatic carbocycles. The average Bonchev–Trinajstić information content (AvgIpc) is 3.15. The van der Waals surface area contributed by atoms with E-state index in [0.717, 1.165) is 33.7 Å². The van der Waals surface area contributed by atoms with Crippen molar-refractivity contribution in [2.75, 3.05) is 5.32 Å². The van der Waals surface area contributed by atoms with Crippen molar-refractivity contribution in [2.24, 2.45) is 0 Å². The van der Waals surface area contributed by atoms with Gasteiger partial charge in [-0.1, -0.05) is 6.92 Å². The number of carbonyl (C=O) groups is 1. The van der Waals surface area contributed by atoms with Crippen molar-refractivity contribution < 1.29 is 4.79 Å². The van der Waals surface area contributed by atoms with Gasteiger partial charge in [-0.25, -0.2) is 0 Å². The molecule has 0 radical (unpaired) electrons. The van der Waals surface area contributed by atoms with E-state index in [1.54, 1.807) is 12.4 Å². The van der Waals surface area contributed by atoms with E-state index in [9.17, 15) is 4.79 Å². The SMILES string of the molecule is CCc1ccsc1C(=O)Nc1n[nH]c(-c2ccncc2)c1C. The number of aromatic nitrogens is 3. The molecule has 0 bridgehead atoms. The van der Waals surface area contributed by atoms with Gasteiger partial charge in [-0.15, -0.1) is 11.3 Å². The molecule has 3 rings (SSSR count). The maximum absolute atomic E-state index is 12.4. The summed E-state index contributed by atoms with van der Waals surface area (Å²) in [4.78, 5) is 17.1. The van der Waals surface area contributed by atoms with Crippen LogP contribution in [0.3, 0.4) is 0 Å². The molecule has 0 fully saturated rings. The topological polar surface area (TPSA) is 70.7 Å². The number of aromatic amines is 1. The summed E-state index contributed by atoms with van der Waals surface area (Å²) in [7, 11) is 0. The zero-order valence-electron chi connectivity index (χ0n) is 12.4. The third-order valence-corrected chi connectivity index (χ3v) is 4.50. The maximum Gasteiger partial charge on any atom is 0.267 e. The van der Waals surface area contributed by atoms with Crippen LogP contribution < -0.4 is 5.32 Å². The van der Waals surface area contributed by atoms with Gasteiger partial charge < -0.3 is 5.32 Å². The van der Waals surface area contributed by atoms with Crippen molar-refractivity contribution in [3.63, 3.8) is 0 Å². The van der Waals surface area contributed by atoms with E-state index in [4.69, 9.17) is 0 Å². The molecule has 6 heteroatoms. The summed E-state index contributed by atoms with van der Waals surface area (Å²) in [5.41, 5.74) is 3.85. The number of anilines is 1. The summed E-state index contributed by atoms with van der Waals surface area (Å²) in [6, 6.07) is 5.79. The number of H-pyrrole nitrogens is 1. The molecular weight excluding hydrogens is 296 g/mol. The molecule has 0 unspecified atom stereocenters. The van der Waals surface area contributed by atoms with Crippen molar-refractivity contribution in [3.8, 4) is 11.3 Å². The fourth-order valence-electron chi connectivity index (χ4n) is 2.30.